The summed E-state index contributed by atoms with van der Waals surface area (Å²) in [5, 5.41) is 0. The lowest BCUT2D eigenvalue weighted by molar-refractivity contribution is 0.613. The van der Waals surface area contributed by atoms with Crippen molar-refractivity contribution in [2.24, 2.45) is 7.05 Å². The highest BCUT2D eigenvalue weighted by molar-refractivity contribution is 5.76. The Balaban J connectivity index is 2.31. The summed E-state index contributed by atoms with van der Waals surface area (Å²) in [6, 6.07) is 5.99. The third-order valence-electron chi connectivity index (χ3n) is 3.83. The van der Waals surface area contributed by atoms with E-state index in [0.29, 0.717) is 29.1 Å². The van der Waals surface area contributed by atoms with E-state index in [1.54, 1.807) is 23.7 Å². The van der Waals surface area contributed by atoms with Crippen LogP contribution in [-0.2, 0) is 13.6 Å². The molecule has 3 aromatic rings. The van der Waals surface area contributed by atoms with Crippen molar-refractivity contribution in [3.63, 3.8) is 0 Å². The number of imidazole rings is 1. The zero-order valence-electron chi connectivity index (χ0n) is 13.0. The third kappa shape index (κ3) is 2.58. The van der Waals surface area contributed by atoms with E-state index in [9.17, 15) is 14.0 Å². The minimum atomic E-state index is -0.490. The van der Waals surface area contributed by atoms with E-state index < -0.39 is 11.2 Å². The monoisotopic (exact) mass is 316 g/mol. The van der Waals surface area contributed by atoms with Crippen LogP contribution in [0.3, 0.4) is 0 Å². The summed E-state index contributed by atoms with van der Waals surface area (Å²) in [5.41, 5.74) is 0.224. The first-order valence-corrected chi connectivity index (χ1v) is 7.48. The summed E-state index contributed by atoms with van der Waals surface area (Å²) in [4.78, 5) is 31.0. The van der Waals surface area contributed by atoms with Gasteiger partial charge in [0.2, 0.25) is 0 Å². The van der Waals surface area contributed by atoms with Gasteiger partial charge < -0.3 is 4.57 Å². The highest BCUT2D eigenvalue weighted by Gasteiger charge is 2.17. The molecule has 0 atom stereocenters. The fourth-order valence-electron chi connectivity index (χ4n) is 2.66. The second kappa shape index (κ2) is 5.83. The van der Waals surface area contributed by atoms with Crippen LogP contribution >= 0.6 is 0 Å². The fraction of sp³-hybridized carbons (Fsp3) is 0.312. The van der Waals surface area contributed by atoms with Crippen LogP contribution < -0.4 is 11.2 Å². The SMILES string of the molecule is CCCCn1c(=O)[nH]c(=O)c2c1nc(-c1cccc(F)c1)n2C. The van der Waals surface area contributed by atoms with Crippen LogP contribution in [0.25, 0.3) is 22.6 Å². The molecule has 3 rings (SSSR count). The molecule has 0 aliphatic heterocycles. The van der Waals surface area contributed by atoms with Crippen molar-refractivity contribution in [1.82, 2.24) is 19.1 Å². The van der Waals surface area contributed by atoms with Crippen molar-refractivity contribution in [2.45, 2.75) is 26.3 Å². The standard InChI is InChI=1S/C16H17FN4O2/c1-3-4-8-21-14-12(15(22)19-16(21)23)20(2)13(18-14)10-6-5-7-11(17)9-10/h5-7,9H,3-4,8H2,1-2H3,(H,19,22,23). The first kappa shape index (κ1) is 15.2. The van der Waals surface area contributed by atoms with Crippen molar-refractivity contribution in [3.8, 4) is 11.4 Å². The fourth-order valence-corrected chi connectivity index (χ4v) is 2.66. The van der Waals surface area contributed by atoms with Crippen LogP contribution in [0.15, 0.2) is 33.9 Å². The summed E-state index contributed by atoms with van der Waals surface area (Å²) >= 11 is 0. The molecule has 0 aliphatic rings. The zero-order chi connectivity index (χ0) is 16.6. The molecule has 0 aliphatic carbocycles. The minimum absolute atomic E-state index is 0.306. The summed E-state index contributed by atoms with van der Waals surface area (Å²) in [5.74, 6) is 0.0627. The molecule has 6 nitrogen and oxygen atoms in total. The molecule has 0 unspecified atom stereocenters. The molecule has 0 radical (unpaired) electrons. The Morgan fingerprint density at radius 2 is 2.09 bits per heavy atom. The van der Waals surface area contributed by atoms with Gasteiger partial charge in [0, 0.05) is 19.2 Å². The number of unbranched alkanes of at least 4 members (excludes halogenated alkanes) is 1. The van der Waals surface area contributed by atoms with Gasteiger partial charge in [0.05, 0.1) is 0 Å². The molecule has 7 heteroatoms. The largest absolute Gasteiger partial charge is 0.330 e. The van der Waals surface area contributed by atoms with Gasteiger partial charge in [0.15, 0.2) is 11.2 Å². The number of nitrogens with one attached hydrogen (secondary N) is 1. The van der Waals surface area contributed by atoms with Crippen LogP contribution in [0.2, 0.25) is 0 Å². The van der Waals surface area contributed by atoms with Crippen molar-refractivity contribution in [1.29, 1.82) is 0 Å². The number of hydrogen-bond donors (Lipinski definition) is 1. The molecule has 0 saturated carbocycles. The van der Waals surface area contributed by atoms with Gasteiger partial charge in [0.1, 0.15) is 11.6 Å². The normalized spacial score (nSPS) is 11.3. The van der Waals surface area contributed by atoms with Gasteiger partial charge in [-0.15, -0.1) is 0 Å². The number of rotatable bonds is 4. The van der Waals surface area contributed by atoms with Crippen molar-refractivity contribution in [3.05, 3.63) is 50.9 Å². The van der Waals surface area contributed by atoms with Gasteiger partial charge >= 0.3 is 5.69 Å². The second-order valence-electron chi connectivity index (χ2n) is 5.44. The van der Waals surface area contributed by atoms with E-state index in [1.807, 2.05) is 6.92 Å². The maximum atomic E-state index is 13.5. The molecule has 0 amide bonds. The molecule has 1 N–H and O–H groups in total. The number of benzene rings is 1. The summed E-state index contributed by atoms with van der Waals surface area (Å²) in [6.07, 6.45) is 1.71. The zero-order valence-corrected chi connectivity index (χ0v) is 13.0. The Labute approximate surface area is 131 Å². The quantitative estimate of drug-likeness (QED) is 0.800. The van der Waals surface area contributed by atoms with Gasteiger partial charge in [-0.3, -0.25) is 14.3 Å². The van der Waals surface area contributed by atoms with Gasteiger partial charge in [-0.2, -0.15) is 0 Å². The number of nitrogens with zero attached hydrogens (tertiary/aromatic N) is 3. The van der Waals surface area contributed by atoms with Crippen molar-refractivity contribution >= 4 is 11.2 Å². The van der Waals surface area contributed by atoms with E-state index >= 15 is 0 Å². The summed E-state index contributed by atoms with van der Waals surface area (Å²) < 4.78 is 16.5. The van der Waals surface area contributed by atoms with Crippen LogP contribution in [0.4, 0.5) is 4.39 Å². The van der Waals surface area contributed by atoms with Crippen molar-refractivity contribution < 1.29 is 4.39 Å². The smallest absolute Gasteiger partial charge is 0.321 e. The lowest BCUT2D eigenvalue weighted by Gasteiger charge is -2.04. The summed E-state index contributed by atoms with van der Waals surface area (Å²) in [7, 11) is 1.68. The maximum Gasteiger partial charge on any atom is 0.330 e. The topological polar surface area (TPSA) is 72.7 Å². The number of aromatic nitrogens is 4. The number of halogens is 1. The Morgan fingerprint density at radius 3 is 2.78 bits per heavy atom. The van der Waals surface area contributed by atoms with E-state index in [0.717, 1.165) is 12.8 Å². The predicted octanol–water partition coefficient (Wildman–Crippen LogP) is 2.03. The second-order valence-corrected chi connectivity index (χ2v) is 5.44. The van der Waals surface area contributed by atoms with E-state index in [-0.39, 0.29) is 5.82 Å². The molecule has 120 valence electrons. The number of H-pyrrole nitrogens is 1. The molecule has 0 fully saturated rings. The number of fused-ring (bicyclic) bond motifs is 1. The molecule has 2 heterocycles. The van der Waals surface area contributed by atoms with Crippen molar-refractivity contribution in [2.75, 3.05) is 0 Å². The molecular weight excluding hydrogens is 299 g/mol. The highest BCUT2D eigenvalue weighted by Crippen LogP contribution is 2.22. The lowest BCUT2D eigenvalue weighted by Crippen LogP contribution is -2.31. The summed E-state index contributed by atoms with van der Waals surface area (Å²) in [6.45, 7) is 2.49. The van der Waals surface area contributed by atoms with Gasteiger partial charge in [0.25, 0.3) is 5.56 Å². The molecular formula is C16H17FN4O2. The molecule has 23 heavy (non-hydrogen) atoms. The van der Waals surface area contributed by atoms with Crippen LogP contribution in [0, 0.1) is 5.82 Å². The third-order valence-corrected chi connectivity index (χ3v) is 3.83. The molecule has 0 saturated heterocycles. The van der Waals surface area contributed by atoms with E-state index in [2.05, 4.69) is 9.97 Å². The van der Waals surface area contributed by atoms with Crippen LogP contribution in [-0.4, -0.2) is 19.1 Å². The van der Waals surface area contributed by atoms with Gasteiger partial charge in [-0.05, 0) is 18.6 Å². The Bertz CT molecular complexity index is 984. The Kier molecular flexibility index (Phi) is 3.85. The number of aromatic amines is 1. The molecule has 2 aromatic heterocycles. The lowest BCUT2D eigenvalue weighted by atomic mass is 10.2. The first-order chi connectivity index (χ1) is 11.0. The first-order valence-electron chi connectivity index (χ1n) is 7.48. The van der Waals surface area contributed by atoms with Gasteiger partial charge in [-0.25, -0.2) is 14.2 Å². The molecule has 1 aromatic carbocycles. The Morgan fingerprint density at radius 1 is 1.30 bits per heavy atom. The number of hydrogen-bond acceptors (Lipinski definition) is 3. The van der Waals surface area contributed by atoms with Crippen LogP contribution in [0.5, 0.6) is 0 Å². The predicted molar refractivity (Wildman–Crippen MR) is 85.9 cm³/mol. The minimum Gasteiger partial charge on any atom is -0.321 e. The molecule has 0 spiro atoms. The van der Waals surface area contributed by atoms with E-state index in [1.165, 1.54) is 16.7 Å². The van der Waals surface area contributed by atoms with Gasteiger partial charge in [-0.1, -0.05) is 25.5 Å². The van der Waals surface area contributed by atoms with E-state index in [4.69, 9.17) is 0 Å². The Hall–Kier alpha value is -2.70. The average Bonchev–Trinajstić information content (AvgIpc) is 2.85. The molecule has 0 bridgehead atoms. The average molecular weight is 316 g/mol. The highest BCUT2D eigenvalue weighted by atomic mass is 19.1. The van der Waals surface area contributed by atoms with Crippen LogP contribution in [0.1, 0.15) is 19.8 Å². The maximum absolute atomic E-state index is 13.5. The number of aryl methyl sites for hydroxylation is 2.